The first-order valence-corrected chi connectivity index (χ1v) is 12.0. The Labute approximate surface area is 169 Å². The summed E-state index contributed by atoms with van der Waals surface area (Å²) in [6.45, 7) is 2.59. The highest BCUT2D eigenvalue weighted by Crippen LogP contribution is 2.35. The first kappa shape index (κ1) is 25.1. The summed E-state index contributed by atoms with van der Waals surface area (Å²) in [6.07, 6.45) is 12.3. The minimum atomic E-state index is -4.43. The fraction of sp³-hybridized carbons (Fsp3) is 0.714. The fourth-order valence-electron chi connectivity index (χ4n) is 2.98. The van der Waals surface area contributed by atoms with Gasteiger partial charge in [-0.2, -0.15) is 0 Å². The van der Waals surface area contributed by atoms with Gasteiger partial charge in [0.15, 0.2) is 0 Å². The number of benzene rings is 1. The summed E-state index contributed by atoms with van der Waals surface area (Å²) in [7, 11) is -4.43. The second kappa shape index (κ2) is 15.9. The molecular formula is C21H37O6P. The molecule has 28 heavy (non-hydrogen) atoms. The predicted molar refractivity (Wildman–Crippen MR) is 112 cm³/mol. The second-order valence-corrected chi connectivity index (χ2v) is 8.31. The van der Waals surface area contributed by atoms with Crippen molar-refractivity contribution in [3.63, 3.8) is 0 Å². The van der Waals surface area contributed by atoms with Crippen molar-refractivity contribution in [3.8, 4) is 5.75 Å². The molecule has 0 heterocycles. The van der Waals surface area contributed by atoms with Gasteiger partial charge in [-0.1, -0.05) is 76.5 Å². The Balaban J connectivity index is 2.23. The van der Waals surface area contributed by atoms with Gasteiger partial charge in [0, 0.05) is 0 Å². The monoisotopic (exact) mass is 416 g/mol. The third kappa shape index (κ3) is 15.1. The molecule has 162 valence electrons. The van der Waals surface area contributed by atoms with E-state index in [0.29, 0.717) is 6.61 Å². The molecule has 1 aromatic rings. The molecule has 0 fully saturated rings. The Bertz CT molecular complexity index is 519. The van der Waals surface area contributed by atoms with E-state index in [9.17, 15) is 4.57 Å². The molecule has 1 unspecified atom stereocenters. The van der Waals surface area contributed by atoms with Crippen molar-refractivity contribution in [2.24, 2.45) is 0 Å². The average Bonchev–Trinajstić information content (AvgIpc) is 2.66. The molecule has 0 aliphatic carbocycles. The Hall–Kier alpha value is -0.910. The smallest absolute Gasteiger partial charge is 0.469 e. The molecule has 0 aliphatic rings. The molecule has 2 N–H and O–H groups in total. The van der Waals surface area contributed by atoms with Crippen LogP contribution in [0.2, 0.25) is 0 Å². The lowest BCUT2D eigenvalue weighted by Gasteiger charge is -2.19. The van der Waals surface area contributed by atoms with Crippen molar-refractivity contribution in [1.82, 2.24) is 0 Å². The molecule has 1 aromatic carbocycles. The van der Waals surface area contributed by atoms with Gasteiger partial charge >= 0.3 is 7.82 Å². The molecule has 0 saturated heterocycles. The molecule has 7 heteroatoms. The molecule has 6 nitrogen and oxygen atoms in total. The van der Waals surface area contributed by atoms with E-state index < -0.39 is 7.82 Å². The Morgan fingerprint density at radius 3 is 2.11 bits per heavy atom. The first-order chi connectivity index (χ1) is 13.5. The minimum absolute atomic E-state index is 0.0815. The van der Waals surface area contributed by atoms with Crippen molar-refractivity contribution in [2.75, 3.05) is 19.8 Å². The van der Waals surface area contributed by atoms with Crippen LogP contribution < -0.4 is 4.74 Å². The van der Waals surface area contributed by atoms with E-state index in [2.05, 4.69) is 11.4 Å². The lowest BCUT2D eigenvalue weighted by atomic mass is 10.1. The molecule has 0 aliphatic heterocycles. The normalized spacial score (nSPS) is 12.8. The van der Waals surface area contributed by atoms with Gasteiger partial charge < -0.3 is 19.3 Å². The van der Waals surface area contributed by atoms with Crippen molar-refractivity contribution < 1.29 is 28.3 Å². The van der Waals surface area contributed by atoms with Gasteiger partial charge in [-0.3, -0.25) is 4.52 Å². The molecule has 0 amide bonds. The van der Waals surface area contributed by atoms with Gasteiger partial charge in [0.05, 0.1) is 19.8 Å². The molecule has 0 bridgehead atoms. The number of hydrogen-bond donors (Lipinski definition) is 2. The average molecular weight is 416 g/mol. The summed E-state index contributed by atoms with van der Waals surface area (Å²) < 4.78 is 26.6. The Kier molecular flexibility index (Phi) is 14.3. The van der Waals surface area contributed by atoms with Crippen molar-refractivity contribution >= 4 is 7.82 Å². The largest absolute Gasteiger partial charge is 0.488 e. The molecule has 1 rings (SSSR count). The van der Waals surface area contributed by atoms with Gasteiger partial charge in [-0.05, 0) is 25.0 Å². The van der Waals surface area contributed by atoms with Gasteiger partial charge in [0.1, 0.15) is 11.9 Å². The zero-order chi connectivity index (χ0) is 20.5. The number of phosphoric acid groups is 1. The van der Waals surface area contributed by atoms with Crippen LogP contribution in [0.15, 0.2) is 30.3 Å². The molecule has 0 spiro atoms. The van der Waals surface area contributed by atoms with E-state index in [-0.39, 0.29) is 19.3 Å². The Morgan fingerprint density at radius 2 is 1.50 bits per heavy atom. The van der Waals surface area contributed by atoms with E-state index >= 15 is 0 Å². The maximum atomic E-state index is 10.7. The van der Waals surface area contributed by atoms with E-state index in [4.69, 9.17) is 19.3 Å². The van der Waals surface area contributed by atoms with Gasteiger partial charge in [-0.15, -0.1) is 0 Å². The second-order valence-electron chi connectivity index (χ2n) is 7.07. The molecular weight excluding hydrogens is 379 g/mol. The number of rotatable bonds is 18. The van der Waals surface area contributed by atoms with Crippen molar-refractivity contribution in [3.05, 3.63) is 30.3 Å². The van der Waals surface area contributed by atoms with E-state index in [0.717, 1.165) is 18.6 Å². The highest BCUT2D eigenvalue weighted by Gasteiger charge is 2.14. The maximum absolute atomic E-state index is 10.7. The number of para-hydroxylation sites is 1. The van der Waals surface area contributed by atoms with Gasteiger partial charge in [-0.25, -0.2) is 4.57 Å². The summed E-state index contributed by atoms with van der Waals surface area (Å²) >= 11 is 0. The molecule has 0 saturated carbocycles. The summed E-state index contributed by atoms with van der Waals surface area (Å²) in [5.41, 5.74) is 0. The summed E-state index contributed by atoms with van der Waals surface area (Å²) in [6, 6.07) is 9.64. The zero-order valence-electron chi connectivity index (χ0n) is 17.1. The van der Waals surface area contributed by atoms with Crippen LogP contribution in [0.5, 0.6) is 5.75 Å². The number of hydrogen-bond acceptors (Lipinski definition) is 4. The quantitative estimate of drug-likeness (QED) is 0.243. The third-order valence-electron chi connectivity index (χ3n) is 4.47. The maximum Gasteiger partial charge on any atom is 0.469 e. The van der Waals surface area contributed by atoms with Crippen LogP contribution in [0.3, 0.4) is 0 Å². The number of phosphoric ester groups is 1. The van der Waals surface area contributed by atoms with Crippen LogP contribution in [0.25, 0.3) is 0 Å². The highest BCUT2D eigenvalue weighted by molar-refractivity contribution is 7.46. The summed E-state index contributed by atoms with van der Waals surface area (Å²) in [5.74, 6) is 0.804. The molecule has 0 radical (unpaired) electrons. The van der Waals surface area contributed by atoms with E-state index in [1.165, 1.54) is 51.4 Å². The SMILES string of the molecule is CCCCCCCCCCCC(COCCOP(=O)(O)O)Oc1ccccc1. The van der Waals surface area contributed by atoms with Crippen molar-refractivity contribution in [1.29, 1.82) is 0 Å². The molecule has 0 aromatic heterocycles. The van der Waals surface area contributed by atoms with E-state index in [1.807, 2.05) is 30.3 Å². The highest BCUT2D eigenvalue weighted by atomic mass is 31.2. The van der Waals surface area contributed by atoms with Crippen LogP contribution in [-0.4, -0.2) is 35.7 Å². The van der Waals surface area contributed by atoms with Crippen LogP contribution in [0, 0.1) is 0 Å². The van der Waals surface area contributed by atoms with Crippen LogP contribution in [0.1, 0.15) is 71.1 Å². The predicted octanol–water partition coefficient (Wildman–Crippen LogP) is 5.48. The van der Waals surface area contributed by atoms with E-state index in [1.54, 1.807) is 0 Å². The van der Waals surface area contributed by atoms with Crippen LogP contribution >= 0.6 is 7.82 Å². The van der Waals surface area contributed by atoms with Crippen LogP contribution in [-0.2, 0) is 13.8 Å². The van der Waals surface area contributed by atoms with Crippen LogP contribution in [0.4, 0.5) is 0 Å². The first-order valence-electron chi connectivity index (χ1n) is 10.5. The van der Waals surface area contributed by atoms with Gasteiger partial charge in [0.25, 0.3) is 0 Å². The summed E-state index contributed by atoms with van der Waals surface area (Å²) in [4.78, 5) is 17.4. The standard InChI is InChI=1S/C21H37O6P/c1-2-3-4-5-6-7-8-9-11-16-21(27-20-14-12-10-13-15-20)19-25-17-18-26-28(22,23)24/h10,12-15,21H,2-9,11,16-19H2,1H3,(H2,22,23,24). The Morgan fingerprint density at radius 1 is 0.893 bits per heavy atom. The summed E-state index contributed by atoms with van der Waals surface area (Å²) in [5, 5.41) is 0. The van der Waals surface area contributed by atoms with Gasteiger partial charge in [0.2, 0.25) is 0 Å². The topological polar surface area (TPSA) is 85.2 Å². The molecule has 1 atom stereocenters. The zero-order valence-corrected chi connectivity index (χ0v) is 18.0. The minimum Gasteiger partial charge on any atom is -0.488 e. The lowest BCUT2D eigenvalue weighted by molar-refractivity contribution is 0.0272. The third-order valence-corrected chi connectivity index (χ3v) is 4.99. The lowest BCUT2D eigenvalue weighted by Crippen LogP contribution is -2.24. The number of unbranched alkanes of at least 4 members (excludes halogenated alkanes) is 8. The fourth-order valence-corrected chi connectivity index (χ4v) is 3.29. The number of ether oxygens (including phenoxy) is 2. The van der Waals surface area contributed by atoms with Crippen molar-refractivity contribution in [2.45, 2.75) is 77.2 Å².